The molecule has 0 fully saturated rings. The van der Waals surface area contributed by atoms with Crippen molar-refractivity contribution in [1.29, 1.82) is 0 Å². The van der Waals surface area contributed by atoms with Gasteiger partial charge in [-0.05, 0) is 45.7 Å². The molecule has 0 atom stereocenters. The van der Waals surface area contributed by atoms with Crippen LogP contribution in [0.5, 0.6) is 0 Å². The number of benzene rings is 4. The first-order valence-electron chi connectivity index (χ1n) is 12.6. The molecule has 0 aliphatic rings. The molecule has 0 bridgehead atoms. The smallest absolute Gasteiger partial charge is 0.169 e. The molecule has 36 heavy (non-hydrogen) atoms. The van der Waals surface area contributed by atoms with Gasteiger partial charge in [0.15, 0.2) is 11.6 Å². The summed E-state index contributed by atoms with van der Waals surface area (Å²) in [6, 6.07) is 36.3. The Kier molecular flexibility index (Phi) is 6.32. The number of aromatic nitrogens is 3. The molecule has 0 amide bonds. The monoisotopic (exact) mass is 471 g/mol. The van der Waals surface area contributed by atoms with E-state index in [0.717, 1.165) is 39.6 Å². The lowest BCUT2D eigenvalue weighted by atomic mass is 9.84. The van der Waals surface area contributed by atoms with Crippen molar-refractivity contribution in [3.05, 3.63) is 114 Å². The summed E-state index contributed by atoms with van der Waals surface area (Å²) in [5.41, 5.74) is 8.13. The first-order valence-corrected chi connectivity index (χ1v) is 12.6. The van der Waals surface area contributed by atoms with Gasteiger partial charge in [-0.3, -0.25) is 4.57 Å². The quantitative estimate of drug-likeness (QED) is 0.257. The first kappa shape index (κ1) is 23.7. The van der Waals surface area contributed by atoms with Crippen LogP contribution >= 0.6 is 0 Å². The molecule has 0 N–H and O–H groups in total. The normalized spacial score (nSPS) is 11.7. The van der Waals surface area contributed by atoms with Crippen molar-refractivity contribution in [2.75, 3.05) is 0 Å². The van der Waals surface area contributed by atoms with Gasteiger partial charge in [-0.2, -0.15) is 0 Å². The summed E-state index contributed by atoms with van der Waals surface area (Å²) in [7, 11) is 0. The van der Waals surface area contributed by atoms with Crippen LogP contribution in [0.3, 0.4) is 0 Å². The number of hydrogen-bond acceptors (Lipinski definition) is 2. The summed E-state index contributed by atoms with van der Waals surface area (Å²) in [6.07, 6.45) is 0. The molecule has 180 valence electrons. The van der Waals surface area contributed by atoms with Gasteiger partial charge in [-0.25, -0.2) is 0 Å². The van der Waals surface area contributed by atoms with E-state index >= 15 is 0 Å². The Morgan fingerprint density at radius 2 is 1.17 bits per heavy atom. The third kappa shape index (κ3) is 4.61. The van der Waals surface area contributed by atoms with Gasteiger partial charge in [0, 0.05) is 16.8 Å². The maximum Gasteiger partial charge on any atom is 0.169 e. The molecule has 5 aromatic rings. The topological polar surface area (TPSA) is 30.7 Å². The molecule has 0 aliphatic carbocycles. The van der Waals surface area contributed by atoms with E-state index in [4.69, 9.17) is 10.2 Å². The predicted octanol–water partition coefficient (Wildman–Crippen LogP) is 8.69. The first-order chi connectivity index (χ1) is 17.3. The van der Waals surface area contributed by atoms with E-state index in [9.17, 15) is 0 Å². The van der Waals surface area contributed by atoms with E-state index in [-0.39, 0.29) is 5.41 Å². The molecular formula is C33H33N3. The highest BCUT2D eigenvalue weighted by molar-refractivity contribution is 5.82. The van der Waals surface area contributed by atoms with Crippen molar-refractivity contribution in [3.8, 4) is 39.6 Å². The highest BCUT2D eigenvalue weighted by Crippen LogP contribution is 2.37. The maximum absolute atomic E-state index is 4.80. The molecule has 0 unspecified atom stereocenters. The van der Waals surface area contributed by atoms with Crippen molar-refractivity contribution in [2.45, 2.75) is 46.0 Å². The summed E-state index contributed by atoms with van der Waals surface area (Å²) >= 11 is 0. The van der Waals surface area contributed by atoms with Crippen LogP contribution in [0.1, 0.15) is 51.7 Å². The van der Waals surface area contributed by atoms with E-state index in [2.05, 4.69) is 130 Å². The van der Waals surface area contributed by atoms with Gasteiger partial charge >= 0.3 is 0 Å². The lowest BCUT2D eigenvalue weighted by Gasteiger charge is -2.23. The molecular weight excluding hydrogens is 438 g/mol. The van der Waals surface area contributed by atoms with E-state index in [1.54, 1.807) is 0 Å². The van der Waals surface area contributed by atoms with Crippen molar-refractivity contribution in [2.24, 2.45) is 0 Å². The van der Waals surface area contributed by atoms with Crippen molar-refractivity contribution in [1.82, 2.24) is 14.8 Å². The Balaban J connectivity index is 1.82. The van der Waals surface area contributed by atoms with E-state index in [1.807, 2.05) is 12.1 Å². The Morgan fingerprint density at radius 1 is 0.611 bits per heavy atom. The lowest BCUT2D eigenvalue weighted by Crippen LogP contribution is -2.13. The summed E-state index contributed by atoms with van der Waals surface area (Å²) < 4.78 is 2.23. The van der Waals surface area contributed by atoms with Crippen LogP contribution in [0.15, 0.2) is 103 Å². The third-order valence-corrected chi connectivity index (χ3v) is 6.68. The minimum atomic E-state index is 0.0165. The molecule has 0 saturated heterocycles. The number of nitrogens with zero attached hydrogens (tertiary/aromatic N) is 3. The highest BCUT2D eigenvalue weighted by Gasteiger charge is 2.23. The fourth-order valence-electron chi connectivity index (χ4n) is 4.56. The summed E-state index contributed by atoms with van der Waals surface area (Å²) in [5.74, 6) is 2.09. The molecule has 4 aromatic carbocycles. The molecule has 3 heteroatoms. The molecule has 0 aliphatic heterocycles. The number of hydrogen-bond donors (Lipinski definition) is 0. The van der Waals surface area contributed by atoms with Crippen LogP contribution in [-0.4, -0.2) is 14.8 Å². The van der Waals surface area contributed by atoms with E-state index < -0.39 is 0 Å². The zero-order valence-corrected chi connectivity index (χ0v) is 21.7. The van der Waals surface area contributed by atoms with Gasteiger partial charge in [-0.15, -0.1) is 10.2 Å². The Morgan fingerprint density at radius 3 is 1.78 bits per heavy atom. The van der Waals surface area contributed by atoms with Crippen LogP contribution < -0.4 is 0 Å². The fourth-order valence-corrected chi connectivity index (χ4v) is 4.56. The SMILES string of the molecule is CC(C)c1cc(-n2c(-c3ccccc3)nnc2-c2ccccc2-c2ccccc2)cc(C(C)(C)C)c1. The van der Waals surface area contributed by atoms with Gasteiger partial charge < -0.3 is 0 Å². The molecule has 1 aromatic heterocycles. The van der Waals surface area contributed by atoms with Crippen LogP contribution in [0, 0.1) is 0 Å². The van der Waals surface area contributed by atoms with E-state index in [0.29, 0.717) is 5.92 Å². The zero-order chi connectivity index (χ0) is 25.3. The van der Waals surface area contributed by atoms with Crippen molar-refractivity contribution >= 4 is 0 Å². The van der Waals surface area contributed by atoms with Gasteiger partial charge in [0.25, 0.3) is 0 Å². The van der Waals surface area contributed by atoms with Crippen molar-refractivity contribution in [3.63, 3.8) is 0 Å². The Bertz CT molecular complexity index is 1470. The molecule has 0 radical (unpaired) electrons. The lowest BCUT2D eigenvalue weighted by molar-refractivity contribution is 0.588. The molecule has 0 spiro atoms. The number of rotatable bonds is 5. The fraction of sp³-hybridized carbons (Fsp3) is 0.212. The van der Waals surface area contributed by atoms with Gasteiger partial charge in [0.05, 0.1) is 0 Å². The average molecular weight is 472 g/mol. The summed E-state index contributed by atoms with van der Waals surface area (Å²) in [6.45, 7) is 11.3. The standard InChI is InChI=1S/C33H33N3/c1-23(2)26-20-27(33(3,4)5)22-28(21-26)36-31(25-16-10-7-11-17-25)34-35-32(36)30-19-13-12-18-29(30)24-14-8-6-9-15-24/h6-23H,1-5H3. The molecule has 0 saturated carbocycles. The largest absolute Gasteiger partial charge is 0.275 e. The van der Waals surface area contributed by atoms with Gasteiger partial charge in [0.1, 0.15) is 0 Å². The summed E-state index contributed by atoms with van der Waals surface area (Å²) in [4.78, 5) is 0. The van der Waals surface area contributed by atoms with Crippen LogP contribution in [0.2, 0.25) is 0 Å². The average Bonchev–Trinajstić information content (AvgIpc) is 3.34. The van der Waals surface area contributed by atoms with Gasteiger partial charge in [0.2, 0.25) is 0 Å². The van der Waals surface area contributed by atoms with E-state index in [1.165, 1.54) is 11.1 Å². The third-order valence-electron chi connectivity index (χ3n) is 6.68. The highest BCUT2D eigenvalue weighted by atomic mass is 15.3. The van der Waals surface area contributed by atoms with Gasteiger partial charge in [-0.1, -0.05) is 126 Å². The second-order valence-electron chi connectivity index (χ2n) is 10.7. The van der Waals surface area contributed by atoms with Crippen LogP contribution in [-0.2, 0) is 5.41 Å². The predicted molar refractivity (Wildman–Crippen MR) is 150 cm³/mol. The minimum absolute atomic E-state index is 0.0165. The summed E-state index contributed by atoms with van der Waals surface area (Å²) in [5, 5.41) is 9.56. The Labute approximate surface area is 214 Å². The van der Waals surface area contributed by atoms with Crippen molar-refractivity contribution < 1.29 is 0 Å². The second-order valence-corrected chi connectivity index (χ2v) is 10.7. The molecule has 1 heterocycles. The molecule has 3 nitrogen and oxygen atoms in total. The minimum Gasteiger partial charge on any atom is -0.275 e. The maximum atomic E-state index is 4.80. The van der Waals surface area contributed by atoms with Crippen LogP contribution in [0.25, 0.3) is 39.6 Å². The Hall–Kier alpha value is -3.98. The van der Waals surface area contributed by atoms with Crippen LogP contribution in [0.4, 0.5) is 0 Å². The second kappa shape index (κ2) is 9.58. The molecule has 5 rings (SSSR count). The zero-order valence-electron chi connectivity index (χ0n) is 21.7.